The van der Waals surface area contributed by atoms with Crippen molar-refractivity contribution in [1.29, 1.82) is 0 Å². The van der Waals surface area contributed by atoms with Gasteiger partial charge in [-0.3, -0.25) is 0 Å². The zero-order valence-electron chi connectivity index (χ0n) is 11.3. The van der Waals surface area contributed by atoms with Gasteiger partial charge >= 0.3 is 0 Å². The summed E-state index contributed by atoms with van der Waals surface area (Å²) in [5.74, 6) is 1.60. The third-order valence-electron chi connectivity index (χ3n) is 3.85. The van der Waals surface area contributed by atoms with Gasteiger partial charge in [0.2, 0.25) is 0 Å². The van der Waals surface area contributed by atoms with Gasteiger partial charge in [-0.15, -0.1) is 0 Å². The van der Waals surface area contributed by atoms with Gasteiger partial charge in [0, 0.05) is 25.7 Å². The molecule has 0 bridgehead atoms. The summed E-state index contributed by atoms with van der Waals surface area (Å²) >= 11 is 0. The number of aromatic nitrogens is 3. The first-order chi connectivity index (χ1) is 9.28. The second-order valence-electron chi connectivity index (χ2n) is 5.38. The van der Waals surface area contributed by atoms with Crippen molar-refractivity contribution in [2.45, 2.75) is 19.4 Å². The van der Waals surface area contributed by atoms with Crippen molar-refractivity contribution in [3.63, 3.8) is 0 Å². The predicted octanol–water partition coefficient (Wildman–Crippen LogP) is 0.918. The molecule has 5 heteroatoms. The average molecular weight is 260 g/mol. The number of likely N-dealkylation sites (tertiary alicyclic amines) is 1. The van der Waals surface area contributed by atoms with E-state index in [4.69, 9.17) is 0 Å². The molecule has 3 heterocycles. The minimum atomic E-state index is 0.133. The van der Waals surface area contributed by atoms with Gasteiger partial charge in [0.25, 0.3) is 0 Å². The van der Waals surface area contributed by atoms with Gasteiger partial charge in [-0.05, 0) is 38.1 Å². The van der Waals surface area contributed by atoms with Crippen LogP contribution >= 0.6 is 0 Å². The first-order valence-electron chi connectivity index (χ1n) is 6.87. The Labute approximate surface area is 112 Å². The van der Waals surface area contributed by atoms with E-state index in [1.54, 1.807) is 0 Å². The summed E-state index contributed by atoms with van der Waals surface area (Å²) in [5.41, 5.74) is 1.87. The van der Waals surface area contributed by atoms with Crippen LogP contribution in [0.25, 0.3) is 11.2 Å². The molecule has 1 unspecified atom stereocenters. The minimum absolute atomic E-state index is 0.133. The molecule has 1 aliphatic heterocycles. The maximum absolute atomic E-state index is 9.19. The van der Waals surface area contributed by atoms with Gasteiger partial charge < -0.3 is 14.6 Å². The average Bonchev–Trinajstić information content (AvgIpc) is 2.96. The highest BCUT2D eigenvalue weighted by Gasteiger charge is 2.22. The third-order valence-corrected chi connectivity index (χ3v) is 3.85. The van der Waals surface area contributed by atoms with E-state index in [2.05, 4.69) is 26.5 Å². The van der Waals surface area contributed by atoms with E-state index in [1.807, 2.05) is 18.3 Å². The fraction of sp³-hybridized carbons (Fsp3) is 0.571. The van der Waals surface area contributed by atoms with Crippen LogP contribution < -0.4 is 0 Å². The molecule has 0 spiro atoms. The first-order valence-corrected chi connectivity index (χ1v) is 6.87. The Morgan fingerprint density at radius 1 is 1.47 bits per heavy atom. The normalized spacial score (nSPS) is 20.4. The smallest absolute Gasteiger partial charge is 0.159 e. The van der Waals surface area contributed by atoms with Crippen LogP contribution in [0.1, 0.15) is 12.2 Å². The van der Waals surface area contributed by atoms with Crippen LogP contribution in [0.15, 0.2) is 18.3 Å². The first kappa shape index (κ1) is 12.6. The second-order valence-corrected chi connectivity index (χ2v) is 5.38. The third kappa shape index (κ3) is 2.48. The Kier molecular flexibility index (Phi) is 3.48. The fourth-order valence-electron chi connectivity index (χ4n) is 2.92. The Hall–Kier alpha value is -1.46. The topological polar surface area (TPSA) is 54.2 Å². The summed E-state index contributed by atoms with van der Waals surface area (Å²) in [6.07, 6.45) is 3.63. The molecule has 1 N–H and O–H groups in total. The van der Waals surface area contributed by atoms with Gasteiger partial charge in [-0.1, -0.05) is 0 Å². The van der Waals surface area contributed by atoms with Gasteiger partial charge in [-0.25, -0.2) is 9.97 Å². The highest BCUT2D eigenvalue weighted by Crippen LogP contribution is 2.21. The molecule has 0 aliphatic carbocycles. The SMILES string of the molecule is CN1CCC(Cn2c(CCO)nc3cccnc32)C1. The molecule has 0 radical (unpaired) electrons. The summed E-state index contributed by atoms with van der Waals surface area (Å²) in [5, 5.41) is 9.19. The number of hydrogen-bond donors (Lipinski definition) is 1. The summed E-state index contributed by atoms with van der Waals surface area (Å²) in [4.78, 5) is 11.4. The van der Waals surface area contributed by atoms with Crippen LogP contribution in [0, 0.1) is 5.92 Å². The molecule has 5 nitrogen and oxygen atoms in total. The van der Waals surface area contributed by atoms with E-state index in [-0.39, 0.29) is 6.61 Å². The lowest BCUT2D eigenvalue weighted by molar-refractivity contribution is 0.293. The standard InChI is InChI=1S/C14H20N4O/c1-17-7-4-11(9-17)10-18-13(5-8-19)16-12-3-2-6-15-14(12)18/h2-3,6,11,19H,4-5,7-10H2,1H3. The molecule has 19 heavy (non-hydrogen) atoms. The van der Waals surface area contributed by atoms with Gasteiger partial charge in [0.05, 0.1) is 6.61 Å². The minimum Gasteiger partial charge on any atom is -0.396 e. The van der Waals surface area contributed by atoms with Crippen molar-refractivity contribution in [2.24, 2.45) is 5.92 Å². The number of aliphatic hydroxyl groups excluding tert-OH is 1. The molecule has 2 aromatic heterocycles. The lowest BCUT2D eigenvalue weighted by Crippen LogP contribution is -2.18. The Balaban J connectivity index is 1.93. The van der Waals surface area contributed by atoms with Crippen LogP contribution in [-0.4, -0.2) is 51.3 Å². The maximum atomic E-state index is 9.19. The summed E-state index contributed by atoms with van der Waals surface area (Å²) in [6, 6.07) is 3.90. The summed E-state index contributed by atoms with van der Waals surface area (Å²) < 4.78 is 2.19. The van der Waals surface area contributed by atoms with E-state index in [1.165, 1.54) is 13.0 Å². The zero-order valence-corrected chi connectivity index (χ0v) is 11.3. The Morgan fingerprint density at radius 2 is 2.37 bits per heavy atom. The molecule has 1 saturated heterocycles. The van der Waals surface area contributed by atoms with Crippen molar-refractivity contribution in [3.05, 3.63) is 24.2 Å². The molecular weight excluding hydrogens is 240 g/mol. The number of hydrogen-bond acceptors (Lipinski definition) is 4. The number of imidazole rings is 1. The van der Waals surface area contributed by atoms with Crippen LogP contribution in [0.3, 0.4) is 0 Å². The van der Waals surface area contributed by atoms with Crippen LogP contribution in [0.4, 0.5) is 0 Å². The van der Waals surface area contributed by atoms with Crippen molar-refractivity contribution in [1.82, 2.24) is 19.4 Å². The fourth-order valence-corrected chi connectivity index (χ4v) is 2.92. The zero-order chi connectivity index (χ0) is 13.2. The quantitative estimate of drug-likeness (QED) is 0.888. The van der Waals surface area contributed by atoms with E-state index in [9.17, 15) is 5.11 Å². The van der Waals surface area contributed by atoms with Crippen LogP contribution in [-0.2, 0) is 13.0 Å². The number of pyridine rings is 1. The highest BCUT2D eigenvalue weighted by atomic mass is 16.3. The predicted molar refractivity (Wildman–Crippen MR) is 73.9 cm³/mol. The summed E-state index contributed by atoms with van der Waals surface area (Å²) in [6.45, 7) is 3.38. The lowest BCUT2D eigenvalue weighted by atomic mass is 10.1. The Bertz CT molecular complexity index is 566. The monoisotopic (exact) mass is 260 g/mol. The van der Waals surface area contributed by atoms with Crippen molar-refractivity contribution >= 4 is 11.2 Å². The van der Waals surface area contributed by atoms with E-state index >= 15 is 0 Å². The van der Waals surface area contributed by atoms with Gasteiger partial charge in [-0.2, -0.15) is 0 Å². The number of aliphatic hydroxyl groups is 1. The molecule has 1 atom stereocenters. The molecule has 1 fully saturated rings. The van der Waals surface area contributed by atoms with Crippen LogP contribution in [0.2, 0.25) is 0 Å². The largest absolute Gasteiger partial charge is 0.396 e. The number of rotatable bonds is 4. The molecule has 0 saturated carbocycles. The number of nitrogens with zero attached hydrogens (tertiary/aromatic N) is 4. The highest BCUT2D eigenvalue weighted by molar-refractivity contribution is 5.71. The van der Waals surface area contributed by atoms with Crippen LogP contribution in [0.5, 0.6) is 0 Å². The molecule has 3 rings (SSSR count). The Morgan fingerprint density at radius 3 is 3.11 bits per heavy atom. The van der Waals surface area contributed by atoms with Crippen molar-refractivity contribution < 1.29 is 5.11 Å². The van der Waals surface area contributed by atoms with Gasteiger partial charge in [0.1, 0.15) is 11.3 Å². The van der Waals surface area contributed by atoms with Crippen molar-refractivity contribution in [3.8, 4) is 0 Å². The molecule has 0 aromatic carbocycles. The van der Waals surface area contributed by atoms with Crippen molar-refractivity contribution in [2.75, 3.05) is 26.7 Å². The lowest BCUT2D eigenvalue weighted by Gasteiger charge is -2.14. The van der Waals surface area contributed by atoms with E-state index in [0.29, 0.717) is 12.3 Å². The van der Waals surface area contributed by atoms with E-state index < -0.39 is 0 Å². The maximum Gasteiger partial charge on any atom is 0.159 e. The molecule has 102 valence electrons. The number of fused-ring (bicyclic) bond motifs is 1. The molecule has 0 amide bonds. The molecule has 1 aliphatic rings. The molecule has 2 aromatic rings. The van der Waals surface area contributed by atoms with E-state index in [0.717, 1.165) is 30.1 Å². The molecular formula is C14H20N4O. The summed E-state index contributed by atoms with van der Waals surface area (Å²) in [7, 11) is 2.17. The van der Waals surface area contributed by atoms with Gasteiger partial charge in [0.15, 0.2) is 5.65 Å². The second kappa shape index (κ2) is 5.27.